The van der Waals surface area contributed by atoms with Crippen molar-refractivity contribution in [3.8, 4) is 0 Å². The monoisotopic (exact) mass is 458 g/mol. The van der Waals surface area contributed by atoms with Crippen molar-refractivity contribution < 1.29 is 23.1 Å². The van der Waals surface area contributed by atoms with Gasteiger partial charge < -0.3 is 20.3 Å². The number of piperazine rings is 1. The van der Waals surface area contributed by atoms with Gasteiger partial charge in [-0.3, -0.25) is 4.90 Å². The van der Waals surface area contributed by atoms with Crippen LogP contribution in [0.15, 0.2) is 47.9 Å². The molecule has 0 saturated carbocycles. The minimum absolute atomic E-state index is 0.129. The minimum atomic E-state index is -1.07. The summed E-state index contributed by atoms with van der Waals surface area (Å²) < 4.78 is 32.6. The Bertz CT molecular complexity index is 1060. The molecule has 11 heteroatoms. The van der Waals surface area contributed by atoms with Crippen LogP contribution >= 0.6 is 0 Å². The van der Waals surface area contributed by atoms with Crippen molar-refractivity contribution in [3.63, 3.8) is 0 Å². The third-order valence-electron chi connectivity index (χ3n) is 5.51. The van der Waals surface area contributed by atoms with Crippen LogP contribution in [-0.2, 0) is 9.53 Å². The van der Waals surface area contributed by atoms with Gasteiger partial charge >= 0.3 is 12.0 Å². The SMILES string of the molecule is CCOC(=O)C1=C(CN2CCN(c3ncccn3)CC2)NC(=O)N[C@@H]1c1ccc(F)c(F)c1. The number of amides is 2. The van der Waals surface area contributed by atoms with Gasteiger partial charge in [-0.15, -0.1) is 0 Å². The maximum Gasteiger partial charge on any atom is 0.338 e. The van der Waals surface area contributed by atoms with E-state index in [-0.39, 0.29) is 24.3 Å². The van der Waals surface area contributed by atoms with Crippen LogP contribution in [0.4, 0.5) is 19.5 Å². The smallest absolute Gasteiger partial charge is 0.338 e. The van der Waals surface area contributed by atoms with Gasteiger partial charge in [0.1, 0.15) is 0 Å². The summed E-state index contributed by atoms with van der Waals surface area (Å²) in [6, 6.07) is 3.52. The zero-order valence-corrected chi connectivity index (χ0v) is 18.1. The summed E-state index contributed by atoms with van der Waals surface area (Å²) >= 11 is 0. The third kappa shape index (κ3) is 5.08. The molecule has 2 aliphatic heterocycles. The molecule has 0 radical (unpaired) electrons. The number of aromatic nitrogens is 2. The number of hydrogen-bond donors (Lipinski definition) is 2. The maximum atomic E-state index is 13.9. The minimum Gasteiger partial charge on any atom is -0.463 e. The first-order valence-electron chi connectivity index (χ1n) is 10.6. The van der Waals surface area contributed by atoms with Crippen molar-refractivity contribution >= 4 is 17.9 Å². The molecule has 1 fully saturated rings. The number of rotatable bonds is 6. The average molecular weight is 458 g/mol. The van der Waals surface area contributed by atoms with E-state index in [1.807, 2.05) is 0 Å². The van der Waals surface area contributed by atoms with Gasteiger partial charge in [0.2, 0.25) is 5.95 Å². The van der Waals surface area contributed by atoms with E-state index in [2.05, 4.69) is 30.4 Å². The summed E-state index contributed by atoms with van der Waals surface area (Å²) in [5.74, 6) is -2.06. The Kier molecular flexibility index (Phi) is 6.78. The molecule has 2 N–H and O–H groups in total. The van der Waals surface area contributed by atoms with Crippen LogP contribution in [0.3, 0.4) is 0 Å². The molecule has 1 aromatic heterocycles. The van der Waals surface area contributed by atoms with Gasteiger partial charge in [0.05, 0.1) is 18.2 Å². The first-order valence-corrected chi connectivity index (χ1v) is 10.6. The standard InChI is InChI=1S/C22H24F2N6O3/c1-2-33-20(31)18-17(13-29-8-10-30(11-9-29)21-25-6-3-7-26-21)27-22(32)28-19(18)14-4-5-15(23)16(24)12-14/h3-7,12,19H,2,8-11,13H2,1H3,(H2,27,28,32)/t19-/m1/s1. The molecule has 0 aliphatic carbocycles. The van der Waals surface area contributed by atoms with Crippen LogP contribution in [0.1, 0.15) is 18.5 Å². The highest BCUT2D eigenvalue weighted by Crippen LogP contribution is 2.29. The molecule has 1 saturated heterocycles. The van der Waals surface area contributed by atoms with Crippen molar-refractivity contribution in [2.75, 3.05) is 44.2 Å². The van der Waals surface area contributed by atoms with Crippen LogP contribution in [0.5, 0.6) is 0 Å². The molecule has 1 atom stereocenters. The number of urea groups is 1. The highest BCUT2D eigenvalue weighted by molar-refractivity contribution is 5.95. The summed E-state index contributed by atoms with van der Waals surface area (Å²) in [6.07, 6.45) is 3.38. The zero-order chi connectivity index (χ0) is 23.4. The fourth-order valence-electron chi connectivity index (χ4n) is 3.92. The van der Waals surface area contributed by atoms with E-state index in [4.69, 9.17) is 4.74 Å². The second-order valence-electron chi connectivity index (χ2n) is 7.63. The highest BCUT2D eigenvalue weighted by Gasteiger charge is 2.35. The lowest BCUT2D eigenvalue weighted by Gasteiger charge is -2.37. The van der Waals surface area contributed by atoms with E-state index in [9.17, 15) is 18.4 Å². The van der Waals surface area contributed by atoms with Gasteiger partial charge in [0.15, 0.2) is 11.6 Å². The lowest BCUT2D eigenvalue weighted by Crippen LogP contribution is -2.52. The van der Waals surface area contributed by atoms with Crippen LogP contribution in [0.2, 0.25) is 0 Å². The third-order valence-corrected chi connectivity index (χ3v) is 5.51. The van der Waals surface area contributed by atoms with Crippen molar-refractivity contribution in [2.45, 2.75) is 13.0 Å². The number of anilines is 1. The molecule has 174 valence electrons. The van der Waals surface area contributed by atoms with E-state index in [1.165, 1.54) is 6.07 Å². The fraction of sp³-hybridized carbons (Fsp3) is 0.364. The van der Waals surface area contributed by atoms with E-state index < -0.39 is 29.7 Å². The van der Waals surface area contributed by atoms with Crippen molar-refractivity contribution in [1.82, 2.24) is 25.5 Å². The Morgan fingerprint density at radius 3 is 2.55 bits per heavy atom. The molecular weight excluding hydrogens is 434 g/mol. The Morgan fingerprint density at radius 2 is 1.88 bits per heavy atom. The maximum absolute atomic E-state index is 13.9. The van der Waals surface area contributed by atoms with Crippen LogP contribution < -0.4 is 15.5 Å². The number of esters is 1. The number of carbonyl (C=O) groups excluding carboxylic acids is 2. The van der Waals surface area contributed by atoms with Crippen LogP contribution in [0, 0.1) is 11.6 Å². The first kappa shape index (κ1) is 22.6. The van der Waals surface area contributed by atoms with Gasteiger partial charge in [0, 0.05) is 50.8 Å². The molecule has 3 heterocycles. The number of nitrogens with zero attached hydrogens (tertiary/aromatic N) is 4. The highest BCUT2D eigenvalue weighted by atomic mass is 19.2. The molecule has 4 rings (SSSR count). The number of halogens is 2. The second-order valence-corrected chi connectivity index (χ2v) is 7.63. The molecule has 33 heavy (non-hydrogen) atoms. The van der Waals surface area contributed by atoms with E-state index in [1.54, 1.807) is 25.4 Å². The molecule has 0 unspecified atom stereocenters. The predicted octanol–water partition coefficient (Wildman–Crippen LogP) is 1.75. The number of carbonyl (C=O) groups is 2. The van der Waals surface area contributed by atoms with E-state index in [0.717, 1.165) is 12.1 Å². The number of ether oxygens (including phenoxy) is 1. The zero-order valence-electron chi connectivity index (χ0n) is 18.1. The lowest BCUT2D eigenvalue weighted by molar-refractivity contribution is -0.139. The van der Waals surface area contributed by atoms with Crippen molar-refractivity contribution in [1.29, 1.82) is 0 Å². The molecule has 9 nitrogen and oxygen atoms in total. The van der Waals surface area contributed by atoms with Gasteiger partial charge in [-0.1, -0.05) is 6.07 Å². The molecule has 1 aromatic carbocycles. The second kappa shape index (κ2) is 9.90. The Labute approximate surface area is 189 Å². The Hall–Kier alpha value is -3.60. The summed E-state index contributed by atoms with van der Waals surface area (Å²) in [4.78, 5) is 37.9. The quantitative estimate of drug-likeness (QED) is 0.637. The van der Waals surface area contributed by atoms with Crippen molar-refractivity contribution in [3.05, 3.63) is 65.1 Å². The Morgan fingerprint density at radius 1 is 1.15 bits per heavy atom. The van der Waals surface area contributed by atoms with Gasteiger partial charge in [-0.25, -0.2) is 28.3 Å². The molecular formula is C22H24F2N6O3. The van der Waals surface area contributed by atoms with Crippen molar-refractivity contribution in [2.24, 2.45) is 0 Å². The van der Waals surface area contributed by atoms with Crippen LogP contribution in [0.25, 0.3) is 0 Å². The summed E-state index contributed by atoms with van der Waals surface area (Å²) in [6.45, 7) is 4.73. The summed E-state index contributed by atoms with van der Waals surface area (Å²) in [5.41, 5.74) is 0.781. The molecule has 0 bridgehead atoms. The van der Waals surface area contributed by atoms with Crippen LogP contribution in [-0.4, -0.2) is 66.2 Å². The van der Waals surface area contributed by atoms with Gasteiger partial charge in [-0.2, -0.15) is 0 Å². The molecule has 2 aromatic rings. The number of nitrogens with one attached hydrogen (secondary N) is 2. The fourth-order valence-corrected chi connectivity index (χ4v) is 3.92. The first-order chi connectivity index (χ1) is 16.0. The molecule has 2 aliphatic rings. The normalized spacial score (nSPS) is 19.2. The molecule has 2 amide bonds. The summed E-state index contributed by atoms with van der Waals surface area (Å²) in [7, 11) is 0. The van der Waals surface area contributed by atoms with E-state index >= 15 is 0 Å². The topological polar surface area (TPSA) is 99.7 Å². The largest absolute Gasteiger partial charge is 0.463 e. The predicted molar refractivity (Wildman–Crippen MR) is 115 cm³/mol. The Balaban J connectivity index is 1.58. The average Bonchev–Trinajstić information content (AvgIpc) is 2.81. The van der Waals surface area contributed by atoms with E-state index in [0.29, 0.717) is 37.8 Å². The number of hydrogen-bond acceptors (Lipinski definition) is 7. The van der Waals surface area contributed by atoms with Gasteiger partial charge in [0.25, 0.3) is 0 Å². The number of benzene rings is 1. The summed E-state index contributed by atoms with van der Waals surface area (Å²) in [5, 5.41) is 5.33. The van der Waals surface area contributed by atoms with Gasteiger partial charge in [-0.05, 0) is 30.7 Å². The molecule has 0 spiro atoms. The lowest BCUT2D eigenvalue weighted by atomic mass is 9.94.